The fraction of sp³-hybridized carbons (Fsp3) is 1.00. The smallest absolute Gasteiger partial charge is 0.0472 e. The zero-order chi connectivity index (χ0) is 13.3. The summed E-state index contributed by atoms with van der Waals surface area (Å²) < 4.78 is 5.51. The molecule has 0 amide bonds. The normalized spacial score (nSPS) is 35.5. The molecule has 0 bridgehead atoms. The van der Waals surface area contributed by atoms with E-state index in [-0.39, 0.29) is 0 Å². The molecule has 19 heavy (non-hydrogen) atoms. The molecule has 1 saturated carbocycles. The molecule has 0 radical (unpaired) electrons. The van der Waals surface area contributed by atoms with Gasteiger partial charge in [-0.15, -0.1) is 0 Å². The van der Waals surface area contributed by atoms with Crippen molar-refractivity contribution in [1.29, 1.82) is 0 Å². The minimum Gasteiger partial charge on any atom is -0.381 e. The second kappa shape index (κ2) is 5.71. The van der Waals surface area contributed by atoms with Gasteiger partial charge in [0, 0.05) is 49.8 Å². The van der Waals surface area contributed by atoms with Gasteiger partial charge in [0.25, 0.3) is 0 Å². The predicted octanol–water partition coefficient (Wildman–Crippen LogP) is 2.41. The van der Waals surface area contributed by atoms with Crippen LogP contribution in [-0.4, -0.2) is 49.3 Å². The first-order valence-corrected chi connectivity index (χ1v) is 8.25. The lowest BCUT2D eigenvalue weighted by molar-refractivity contribution is -0.103. The summed E-state index contributed by atoms with van der Waals surface area (Å²) in [5, 5.41) is 3.70. The van der Waals surface area contributed by atoms with Crippen molar-refractivity contribution in [3.8, 4) is 0 Å². The zero-order valence-electron chi connectivity index (χ0n) is 12.7. The van der Waals surface area contributed by atoms with Gasteiger partial charge in [0.15, 0.2) is 0 Å². The first-order valence-electron chi connectivity index (χ1n) is 8.25. The van der Waals surface area contributed by atoms with Gasteiger partial charge in [-0.1, -0.05) is 13.8 Å². The van der Waals surface area contributed by atoms with Crippen LogP contribution in [0.4, 0.5) is 0 Å². The molecule has 0 atom stereocenters. The maximum absolute atomic E-state index is 5.51. The molecular weight excluding hydrogens is 236 g/mol. The lowest BCUT2D eigenvalue weighted by Gasteiger charge is -2.56. The van der Waals surface area contributed by atoms with Crippen molar-refractivity contribution in [2.45, 2.75) is 70.5 Å². The van der Waals surface area contributed by atoms with E-state index < -0.39 is 0 Å². The van der Waals surface area contributed by atoms with Crippen LogP contribution in [0.3, 0.4) is 0 Å². The Morgan fingerprint density at radius 3 is 2.26 bits per heavy atom. The summed E-state index contributed by atoms with van der Waals surface area (Å²) >= 11 is 0. The Morgan fingerprint density at radius 2 is 1.68 bits per heavy atom. The molecule has 3 nitrogen and oxygen atoms in total. The molecule has 3 rings (SSSR count). The van der Waals surface area contributed by atoms with Crippen molar-refractivity contribution < 1.29 is 4.74 Å². The molecular formula is C16H30N2O. The van der Waals surface area contributed by atoms with E-state index in [0.717, 1.165) is 25.3 Å². The number of likely N-dealkylation sites (tertiary alicyclic amines) is 1. The van der Waals surface area contributed by atoms with E-state index in [9.17, 15) is 0 Å². The highest BCUT2D eigenvalue weighted by Crippen LogP contribution is 2.42. The van der Waals surface area contributed by atoms with E-state index in [1.807, 2.05) is 0 Å². The van der Waals surface area contributed by atoms with Crippen LogP contribution in [0.15, 0.2) is 0 Å². The summed E-state index contributed by atoms with van der Waals surface area (Å²) in [6.07, 6.45) is 8.14. The zero-order valence-corrected chi connectivity index (χ0v) is 12.7. The Bertz CT molecular complexity index is 283. The lowest BCUT2D eigenvalue weighted by atomic mass is 9.71. The van der Waals surface area contributed by atoms with Gasteiger partial charge in [0.1, 0.15) is 0 Å². The summed E-state index contributed by atoms with van der Waals surface area (Å²) in [7, 11) is 0. The summed E-state index contributed by atoms with van der Waals surface area (Å²) in [5.41, 5.74) is 0.644. The number of ether oxygens (including phenoxy) is 1. The van der Waals surface area contributed by atoms with Crippen molar-refractivity contribution in [3.05, 3.63) is 0 Å². The first kappa shape index (κ1) is 13.8. The number of nitrogens with one attached hydrogen (secondary N) is 1. The van der Waals surface area contributed by atoms with Gasteiger partial charge in [-0.25, -0.2) is 0 Å². The van der Waals surface area contributed by atoms with Crippen LogP contribution >= 0.6 is 0 Å². The highest BCUT2D eigenvalue weighted by Gasteiger charge is 2.46. The molecule has 1 N–H and O–H groups in total. The fourth-order valence-corrected chi connectivity index (χ4v) is 4.27. The van der Waals surface area contributed by atoms with Crippen LogP contribution in [-0.2, 0) is 4.74 Å². The second-order valence-corrected chi connectivity index (χ2v) is 7.34. The molecule has 0 aromatic carbocycles. The van der Waals surface area contributed by atoms with Gasteiger partial charge >= 0.3 is 0 Å². The molecule has 3 aliphatic rings. The second-order valence-electron chi connectivity index (χ2n) is 7.34. The van der Waals surface area contributed by atoms with Gasteiger partial charge in [0.05, 0.1) is 0 Å². The Labute approximate surface area is 118 Å². The molecule has 2 heterocycles. The maximum Gasteiger partial charge on any atom is 0.0472 e. The van der Waals surface area contributed by atoms with Gasteiger partial charge < -0.3 is 10.1 Å². The number of hydrogen-bond donors (Lipinski definition) is 1. The van der Waals surface area contributed by atoms with E-state index in [1.54, 1.807) is 0 Å². The van der Waals surface area contributed by atoms with E-state index in [1.165, 1.54) is 51.6 Å². The lowest BCUT2D eigenvalue weighted by Crippen LogP contribution is -2.62. The van der Waals surface area contributed by atoms with Crippen molar-refractivity contribution >= 4 is 0 Å². The Balaban J connectivity index is 1.41. The molecule has 0 aromatic rings. The molecule has 1 aliphatic carbocycles. The number of rotatable bonds is 3. The first-order chi connectivity index (χ1) is 9.17. The average molecular weight is 266 g/mol. The number of nitrogens with zero attached hydrogens (tertiary/aromatic N) is 1. The molecule has 0 aromatic heterocycles. The van der Waals surface area contributed by atoms with Crippen LogP contribution in [0.2, 0.25) is 0 Å². The van der Waals surface area contributed by atoms with Crippen molar-refractivity contribution in [2.75, 3.05) is 26.3 Å². The molecule has 0 unspecified atom stereocenters. The Morgan fingerprint density at radius 1 is 1.05 bits per heavy atom. The van der Waals surface area contributed by atoms with Crippen LogP contribution in [0.1, 0.15) is 52.4 Å². The van der Waals surface area contributed by atoms with Crippen LogP contribution < -0.4 is 5.32 Å². The van der Waals surface area contributed by atoms with Crippen LogP contribution in [0.25, 0.3) is 0 Å². The van der Waals surface area contributed by atoms with Crippen LogP contribution in [0, 0.1) is 5.41 Å². The maximum atomic E-state index is 5.51. The SMILES string of the molecule is CC(C)NC1CCC(N2CC3(CCOCC3)C2)CC1. The molecule has 1 spiro atoms. The van der Waals surface area contributed by atoms with E-state index in [2.05, 4.69) is 24.1 Å². The van der Waals surface area contributed by atoms with Gasteiger partial charge in [-0.3, -0.25) is 4.90 Å². The minimum absolute atomic E-state index is 0.635. The van der Waals surface area contributed by atoms with E-state index in [4.69, 9.17) is 4.74 Å². The van der Waals surface area contributed by atoms with E-state index in [0.29, 0.717) is 11.5 Å². The Hall–Kier alpha value is -0.120. The summed E-state index contributed by atoms with van der Waals surface area (Å²) in [4.78, 5) is 2.76. The van der Waals surface area contributed by atoms with E-state index >= 15 is 0 Å². The summed E-state index contributed by atoms with van der Waals surface area (Å²) in [6.45, 7) is 9.22. The third kappa shape index (κ3) is 3.14. The van der Waals surface area contributed by atoms with Gasteiger partial charge in [-0.05, 0) is 38.5 Å². The molecule has 110 valence electrons. The summed E-state index contributed by atoms with van der Waals surface area (Å²) in [5.74, 6) is 0. The largest absolute Gasteiger partial charge is 0.381 e. The van der Waals surface area contributed by atoms with Crippen LogP contribution in [0.5, 0.6) is 0 Å². The fourth-order valence-electron chi connectivity index (χ4n) is 4.27. The monoisotopic (exact) mass is 266 g/mol. The average Bonchev–Trinajstić information content (AvgIpc) is 2.37. The molecule has 3 heteroatoms. The molecule has 3 fully saturated rings. The molecule has 2 aliphatic heterocycles. The van der Waals surface area contributed by atoms with Gasteiger partial charge in [0.2, 0.25) is 0 Å². The topological polar surface area (TPSA) is 24.5 Å². The van der Waals surface area contributed by atoms with Gasteiger partial charge in [-0.2, -0.15) is 0 Å². The quantitative estimate of drug-likeness (QED) is 0.849. The van der Waals surface area contributed by atoms with Crippen molar-refractivity contribution in [1.82, 2.24) is 10.2 Å². The minimum atomic E-state index is 0.635. The highest BCUT2D eigenvalue weighted by molar-refractivity contribution is 4.99. The number of hydrogen-bond acceptors (Lipinski definition) is 3. The Kier molecular flexibility index (Phi) is 4.16. The standard InChI is InChI=1S/C16H30N2O/c1-13(2)17-14-3-5-15(6-4-14)18-11-16(12-18)7-9-19-10-8-16/h13-15,17H,3-12H2,1-2H3. The predicted molar refractivity (Wildman–Crippen MR) is 78.4 cm³/mol. The van der Waals surface area contributed by atoms with Crippen molar-refractivity contribution in [3.63, 3.8) is 0 Å². The third-order valence-electron chi connectivity index (χ3n) is 5.41. The highest BCUT2D eigenvalue weighted by atomic mass is 16.5. The third-order valence-corrected chi connectivity index (χ3v) is 5.41. The molecule has 2 saturated heterocycles. The van der Waals surface area contributed by atoms with Crippen molar-refractivity contribution in [2.24, 2.45) is 5.41 Å². The summed E-state index contributed by atoms with van der Waals surface area (Å²) in [6, 6.07) is 2.28.